The van der Waals surface area contributed by atoms with Crippen molar-refractivity contribution in [2.45, 2.75) is 11.4 Å². The van der Waals surface area contributed by atoms with Crippen molar-refractivity contribution in [3.63, 3.8) is 0 Å². The largest absolute Gasteiger partial charge is 0.493 e. The Morgan fingerprint density at radius 3 is 2.48 bits per heavy atom. The van der Waals surface area contributed by atoms with Crippen LogP contribution in [-0.4, -0.2) is 23.2 Å². The summed E-state index contributed by atoms with van der Waals surface area (Å²) >= 11 is 11.6. The predicted octanol–water partition coefficient (Wildman–Crippen LogP) is 5.18. The standard InChI is InChI=1S/C22H18ClN5O3S2/c23-16-10-6-9-15-19(21(29)28(20(15)16)13-14-7-2-1-3-8-14)26-27-22(32)25-17-11-4-5-12-18(17)33(24,30)31/h1-12,29H,13H2,(H,25,32)(H2,24,30,31). The van der Waals surface area contributed by atoms with Gasteiger partial charge in [-0.1, -0.05) is 66.2 Å². The number of sulfonamides is 1. The molecule has 3 aromatic carbocycles. The molecule has 11 heteroatoms. The molecule has 0 amide bonds. The van der Waals surface area contributed by atoms with Gasteiger partial charge in [0.2, 0.25) is 21.0 Å². The van der Waals surface area contributed by atoms with Gasteiger partial charge in [0.25, 0.3) is 0 Å². The van der Waals surface area contributed by atoms with Crippen molar-refractivity contribution in [3.05, 3.63) is 83.4 Å². The quantitative estimate of drug-likeness (QED) is 0.258. The Morgan fingerprint density at radius 1 is 1.06 bits per heavy atom. The third-order valence-electron chi connectivity index (χ3n) is 4.84. The molecular weight excluding hydrogens is 482 g/mol. The Morgan fingerprint density at radius 2 is 1.76 bits per heavy atom. The summed E-state index contributed by atoms with van der Waals surface area (Å²) in [5, 5.41) is 27.9. The highest BCUT2D eigenvalue weighted by molar-refractivity contribution is 7.89. The number of azo groups is 1. The molecule has 0 atom stereocenters. The van der Waals surface area contributed by atoms with Crippen LogP contribution in [0.2, 0.25) is 5.02 Å². The zero-order valence-corrected chi connectivity index (χ0v) is 19.4. The minimum atomic E-state index is -3.97. The first-order valence-corrected chi connectivity index (χ1v) is 12.0. The van der Waals surface area contributed by atoms with Crippen molar-refractivity contribution in [1.82, 2.24) is 4.57 Å². The second-order valence-corrected chi connectivity index (χ2v) is 9.38. The van der Waals surface area contributed by atoms with Crippen LogP contribution in [0.1, 0.15) is 5.56 Å². The van der Waals surface area contributed by atoms with Gasteiger partial charge >= 0.3 is 0 Å². The molecule has 4 aromatic rings. The number of hydrogen-bond donors (Lipinski definition) is 3. The Labute approximate surface area is 200 Å². The van der Waals surface area contributed by atoms with Crippen molar-refractivity contribution in [3.8, 4) is 5.88 Å². The zero-order valence-electron chi connectivity index (χ0n) is 17.0. The lowest BCUT2D eigenvalue weighted by Crippen LogP contribution is -2.16. The molecule has 0 aliphatic heterocycles. The van der Waals surface area contributed by atoms with Gasteiger partial charge in [-0.05, 0) is 36.0 Å². The molecule has 4 rings (SSSR count). The summed E-state index contributed by atoms with van der Waals surface area (Å²) in [7, 11) is -3.97. The number of nitrogens with two attached hydrogens (primary N) is 1. The minimum absolute atomic E-state index is 0.114. The predicted molar refractivity (Wildman–Crippen MR) is 133 cm³/mol. The second-order valence-electron chi connectivity index (χ2n) is 7.05. The van der Waals surface area contributed by atoms with Crippen LogP contribution in [0.25, 0.3) is 10.9 Å². The van der Waals surface area contributed by atoms with Gasteiger partial charge in [-0.2, -0.15) is 0 Å². The molecule has 0 saturated carbocycles. The van der Waals surface area contributed by atoms with Crippen LogP contribution in [0.4, 0.5) is 11.4 Å². The monoisotopic (exact) mass is 499 g/mol. The Kier molecular flexibility index (Phi) is 6.43. The summed E-state index contributed by atoms with van der Waals surface area (Å²) in [5.74, 6) is -0.126. The SMILES string of the molecule is NS(=O)(=O)c1ccccc1NC(=S)N=Nc1c(O)n(Cc2ccccc2)c2c(Cl)cccc12. The van der Waals surface area contributed by atoms with Crippen LogP contribution >= 0.6 is 23.8 Å². The Hall–Kier alpha value is -3.31. The molecule has 0 aliphatic rings. The van der Waals surface area contributed by atoms with Crippen molar-refractivity contribution < 1.29 is 13.5 Å². The van der Waals surface area contributed by atoms with Crippen LogP contribution in [0.3, 0.4) is 0 Å². The second kappa shape index (κ2) is 9.28. The highest BCUT2D eigenvalue weighted by Gasteiger charge is 2.19. The van der Waals surface area contributed by atoms with Gasteiger partial charge in [0.15, 0.2) is 5.69 Å². The molecule has 4 N–H and O–H groups in total. The lowest BCUT2D eigenvalue weighted by molar-refractivity contribution is 0.429. The summed E-state index contributed by atoms with van der Waals surface area (Å²) in [6, 6.07) is 20.9. The van der Waals surface area contributed by atoms with E-state index < -0.39 is 10.0 Å². The molecule has 1 heterocycles. The molecule has 0 radical (unpaired) electrons. The molecule has 0 saturated heterocycles. The van der Waals surface area contributed by atoms with Gasteiger partial charge in [0.05, 0.1) is 22.8 Å². The van der Waals surface area contributed by atoms with Crippen LogP contribution in [0, 0.1) is 0 Å². The molecule has 33 heavy (non-hydrogen) atoms. The molecule has 0 bridgehead atoms. The number of rotatable bonds is 5. The third kappa shape index (κ3) is 4.88. The van der Waals surface area contributed by atoms with E-state index in [-0.39, 0.29) is 27.3 Å². The molecule has 1 aromatic heterocycles. The van der Waals surface area contributed by atoms with Crippen molar-refractivity contribution >= 4 is 61.2 Å². The average molecular weight is 500 g/mol. The zero-order chi connectivity index (χ0) is 23.6. The fraction of sp³-hybridized carbons (Fsp3) is 0.0455. The number of nitrogens with one attached hydrogen (secondary N) is 1. The van der Waals surface area contributed by atoms with E-state index in [1.54, 1.807) is 34.9 Å². The lowest BCUT2D eigenvalue weighted by atomic mass is 10.2. The first-order chi connectivity index (χ1) is 15.8. The van der Waals surface area contributed by atoms with Gasteiger partial charge in [-0.15, -0.1) is 10.2 Å². The fourth-order valence-corrected chi connectivity index (χ4v) is 4.53. The smallest absolute Gasteiger partial charge is 0.240 e. The number of primary sulfonamides is 1. The van der Waals surface area contributed by atoms with E-state index >= 15 is 0 Å². The molecule has 0 unspecified atom stereocenters. The maximum absolute atomic E-state index is 11.8. The van der Waals surface area contributed by atoms with Crippen molar-refractivity contribution in [2.24, 2.45) is 15.4 Å². The van der Waals surface area contributed by atoms with Gasteiger partial charge in [0.1, 0.15) is 4.90 Å². The first-order valence-electron chi connectivity index (χ1n) is 9.64. The van der Waals surface area contributed by atoms with E-state index in [0.29, 0.717) is 22.5 Å². The molecular formula is C22H18ClN5O3S2. The van der Waals surface area contributed by atoms with Crippen molar-refractivity contribution in [1.29, 1.82) is 0 Å². The highest BCUT2D eigenvalue weighted by atomic mass is 35.5. The summed E-state index contributed by atoms with van der Waals surface area (Å²) in [6.45, 7) is 0.368. The summed E-state index contributed by atoms with van der Waals surface area (Å²) in [6.07, 6.45) is 0. The third-order valence-corrected chi connectivity index (χ3v) is 6.30. The number of aromatic nitrogens is 1. The van der Waals surface area contributed by atoms with E-state index in [0.717, 1.165) is 5.56 Å². The van der Waals surface area contributed by atoms with E-state index in [9.17, 15) is 13.5 Å². The number of para-hydroxylation sites is 2. The van der Waals surface area contributed by atoms with Crippen molar-refractivity contribution in [2.75, 3.05) is 5.32 Å². The maximum Gasteiger partial charge on any atom is 0.240 e. The summed E-state index contributed by atoms with van der Waals surface area (Å²) in [5.41, 5.74) is 1.92. The fourth-order valence-electron chi connectivity index (χ4n) is 3.41. The summed E-state index contributed by atoms with van der Waals surface area (Å²) in [4.78, 5) is -0.128. The number of benzene rings is 3. The number of thiocarbonyl (C=S) groups is 1. The number of nitrogens with zero attached hydrogens (tertiary/aromatic N) is 3. The normalized spacial score (nSPS) is 11.8. The molecule has 8 nitrogen and oxygen atoms in total. The topological polar surface area (TPSA) is 122 Å². The first kappa shape index (κ1) is 22.9. The number of fused-ring (bicyclic) bond motifs is 1. The van der Waals surface area contributed by atoms with Gasteiger partial charge in [-0.3, -0.25) is 0 Å². The average Bonchev–Trinajstić information content (AvgIpc) is 3.04. The molecule has 0 aliphatic carbocycles. The van der Waals surface area contributed by atoms with Crippen LogP contribution in [0.15, 0.2) is 87.9 Å². The maximum atomic E-state index is 11.8. The molecule has 0 fully saturated rings. The number of anilines is 1. The van der Waals surface area contributed by atoms with Gasteiger partial charge < -0.3 is 15.0 Å². The summed E-state index contributed by atoms with van der Waals surface area (Å²) < 4.78 is 25.2. The number of aromatic hydroxyl groups is 1. The molecule has 168 valence electrons. The van der Waals surface area contributed by atoms with Crippen LogP contribution in [0.5, 0.6) is 5.88 Å². The van der Waals surface area contributed by atoms with E-state index in [1.807, 2.05) is 30.3 Å². The Balaban J connectivity index is 1.69. The molecule has 0 spiro atoms. The minimum Gasteiger partial charge on any atom is -0.493 e. The lowest BCUT2D eigenvalue weighted by Gasteiger charge is -2.08. The highest BCUT2D eigenvalue weighted by Crippen LogP contribution is 2.42. The van der Waals surface area contributed by atoms with E-state index in [4.69, 9.17) is 29.0 Å². The number of halogens is 1. The van der Waals surface area contributed by atoms with Gasteiger partial charge in [0, 0.05) is 5.39 Å². The van der Waals surface area contributed by atoms with E-state index in [2.05, 4.69) is 15.5 Å². The number of hydrogen-bond acceptors (Lipinski definition) is 5. The van der Waals surface area contributed by atoms with E-state index in [1.165, 1.54) is 12.1 Å². The van der Waals surface area contributed by atoms with Crippen LogP contribution in [-0.2, 0) is 16.6 Å². The van der Waals surface area contributed by atoms with Gasteiger partial charge in [-0.25, -0.2) is 13.6 Å². The Bertz CT molecular complexity index is 1480. The van der Waals surface area contributed by atoms with Crippen LogP contribution < -0.4 is 10.5 Å².